The first-order valence-corrected chi connectivity index (χ1v) is 11.1. The maximum atomic E-state index is 13.1. The molecule has 2 amide bonds. The third-order valence-corrected chi connectivity index (χ3v) is 6.50. The normalized spacial score (nSPS) is 20.6. The van der Waals surface area contributed by atoms with Gasteiger partial charge >= 0.3 is 0 Å². The smallest absolute Gasteiger partial charge is 0.263 e. The molecule has 0 radical (unpaired) electrons. The van der Waals surface area contributed by atoms with Crippen molar-refractivity contribution in [2.45, 2.75) is 44.0 Å². The Kier molecular flexibility index (Phi) is 6.02. The highest BCUT2D eigenvalue weighted by Crippen LogP contribution is 2.23. The summed E-state index contributed by atoms with van der Waals surface area (Å²) in [5.41, 5.74) is 0.498. The number of fused-ring (bicyclic) bond motifs is 1. The number of amides is 2. The predicted molar refractivity (Wildman–Crippen MR) is 105 cm³/mol. The van der Waals surface area contributed by atoms with Gasteiger partial charge in [-0.05, 0) is 18.6 Å². The number of sulfonamides is 1. The van der Waals surface area contributed by atoms with E-state index in [1.54, 1.807) is 28.0 Å². The van der Waals surface area contributed by atoms with Crippen molar-refractivity contribution in [3.05, 3.63) is 29.8 Å². The van der Waals surface area contributed by atoms with Gasteiger partial charge in [0.1, 0.15) is 11.9 Å². The minimum Gasteiger partial charge on any atom is -0.339 e. The minimum absolute atomic E-state index is 0.00634. The van der Waals surface area contributed by atoms with Crippen LogP contribution < -0.4 is 4.72 Å². The Bertz CT molecular complexity index is 889. The van der Waals surface area contributed by atoms with Crippen molar-refractivity contribution < 1.29 is 18.0 Å². The summed E-state index contributed by atoms with van der Waals surface area (Å²) in [5, 5.41) is 0. The summed E-state index contributed by atoms with van der Waals surface area (Å²) in [7, 11) is -3.64. The van der Waals surface area contributed by atoms with Crippen LogP contribution >= 0.6 is 0 Å². The first kappa shape index (κ1) is 20.3. The van der Waals surface area contributed by atoms with E-state index in [0.717, 1.165) is 12.8 Å². The van der Waals surface area contributed by atoms with E-state index in [4.69, 9.17) is 0 Å². The lowest BCUT2D eigenvalue weighted by Gasteiger charge is -2.35. The summed E-state index contributed by atoms with van der Waals surface area (Å²) >= 11 is 0. The molecule has 1 saturated heterocycles. The van der Waals surface area contributed by atoms with Crippen LogP contribution in [0.5, 0.6) is 0 Å². The number of hydrogen-bond acceptors (Lipinski definition) is 5. The van der Waals surface area contributed by atoms with Gasteiger partial charge in [0.25, 0.3) is 10.0 Å². The highest BCUT2D eigenvalue weighted by Gasteiger charge is 2.33. The summed E-state index contributed by atoms with van der Waals surface area (Å²) in [4.78, 5) is 32.7. The highest BCUT2D eigenvalue weighted by atomic mass is 32.2. The Hall–Kier alpha value is -2.42. The quantitative estimate of drug-likeness (QED) is 0.788. The minimum atomic E-state index is -3.64. The fourth-order valence-corrected chi connectivity index (χ4v) is 4.72. The molecule has 3 rings (SSSR count). The van der Waals surface area contributed by atoms with Gasteiger partial charge in [0.05, 0.1) is 4.90 Å². The van der Waals surface area contributed by atoms with E-state index >= 15 is 0 Å². The van der Waals surface area contributed by atoms with Crippen LogP contribution in [0.2, 0.25) is 0 Å². The number of hydrogen-bond donors (Lipinski definition) is 1. The number of unbranched alkanes of at least 4 members (excludes halogenated alkanes) is 1. The zero-order valence-electron chi connectivity index (χ0n) is 16.2. The zero-order chi connectivity index (χ0) is 20.3. The lowest BCUT2D eigenvalue weighted by Crippen LogP contribution is -2.52. The van der Waals surface area contributed by atoms with Crippen molar-refractivity contribution >= 4 is 27.7 Å². The maximum absolute atomic E-state index is 13.1. The number of rotatable bonds is 5. The molecular weight excluding hydrogens is 380 g/mol. The SMILES string of the molecule is CCCC[C@H](N=C1NS(=O)(=O)c2ccccc21)C(=O)N1CCN(C(C)=O)CC1. The number of nitrogens with zero attached hydrogens (tertiary/aromatic N) is 3. The molecule has 1 atom stereocenters. The van der Waals surface area contributed by atoms with Crippen LogP contribution in [-0.2, 0) is 19.6 Å². The molecule has 0 unspecified atom stereocenters. The molecule has 1 aromatic rings. The van der Waals surface area contributed by atoms with Crippen LogP contribution in [0.15, 0.2) is 34.2 Å². The van der Waals surface area contributed by atoms with Crippen LogP contribution in [0.1, 0.15) is 38.7 Å². The molecule has 1 N–H and O–H groups in total. The van der Waals surface area contributed by atoms with Gasteiger partial charge in [0.15, 0.2) is 0 Å². The number of carbonyl (C=O) groups is 2. The Balaban J connectivity index is 1.82. The Morgan fingerprint density at radius 2 is 1.79 bits per heavy atom. The van der Waals surface area contributed by atoms with Gasteiger partial charge in [-0.1, -0.05) is 31.9 Å². The molecule has 1 aromatic carbocycles. The van der Waals surface area contributed by atoms with Crippen LogP contribution in [0.4, 0.5) is 0 Å². The van der Waals surface area contributed by atoms with E-state index in [-0.39, 0.29) is 22.5 Å². The maximum Gasteiger partial charge on any atom is 0.263 e. The largest absolute Gasteiger partial charge is 0.339 e. The molecule has 2 aliphatic rings. The molecule has 28 heavy (non-hydrogen) atoms. The van der Waals surface area contributed by atoms with E-state index in [0.29, 0.717) is 38.2 Å². The molecule has 2 aliphatic heterocycles. The molecular formula is C19H26N4O4S. The van der Waals surface area contributed by atoms with Gasteiger partial charge < -0.3 is 9.80 Å². The lowest BCUT2D eigenvalue weighted by molar-refractivity contribution is -0.139. The van der Waals surface area contributed by atoms with Gasteiger partial charge in [-0.2, -0.15) is 0 Å². The van der Waals surface area contributed by atoms with Crippen molar-refractivity contribution in [2.75, 3.05) is 26.2 Å². The molecule has 0 saturated carbocycles. The lowest BCUT2D eigenvalue weighted by atomic mass is 10.1. The number of benzene rings is 1. The molecule has 1 fully saturated rings. The van der Waals surface area contributed by atoms with Crippen molar-refractivity contribution in [1.82, 2.24) is 14.5 Å². The van der Waals surface area contributed by atoms with E-state index in [1.165, 1.54) is 13.0 Å². The van der Waals surface area contributed by atoms with E-state index in [2.05, 4.69) is 9.71 Å². The summed E-state index contributed by atoms with van der Waals surface area (Å²) in [6.07, 6.45) is 2.28. The standard InChI is InChI=1S/C19H26N4O4S/c1-3-4-8-16(19(25)23-12-10-22(11-13-23)14(2)24)20-18-15-7-5-6-9-17(15)28(26,27)21-18/h5-7,9,16H,3-4,8,10-13H2,1-2H3,(H,20,21)/t16-/m0/s1. The Morgan fingerprint density at radius 1 is 1.14 bits per heavy atom. The van der Waals surface area contributed by atoms with Crippen LogP contribution in [0, 0.1) is 0 Å². The van der Waals surface area contributed by atoms with Crippen molar-refractivity contribution in [3.8, 4) is 0 Å². The fraction of sp³-hybridized carbons (Fsp3) is 0.526. The van der Waals surface area contributed by atoms with Crippen molar-refractivity contribution in [2.24, 2.45) is 4.99 Å². The van der Waals surface area contributed by atoms with E-state index in [9.17, 15) is 18.0 Å². The summed E-state index contributed by atoms with van der Waals surface area (Å²) in [6.45, 7) is 5.51. The molecule has 2 heterocycles. The van der Waals surface area contributed by atoms with Crippen LogP contribution in [0.25, 0.3) is 0 Å². The first-order chi connectivity index (χ1) is 13.3. The Labute approximate surface area is 165 Å². The predicted octanol–water partition coefficient (Wildman–Crippen LogP) is 0.975. The Morgan fingerprint density at radius 3 is 2.43 bits per heavy atom. The molecule has 152 valence electrons. The second kappa shape index (κ2) is 8.30. The molecule has 0 spiro atoms. The van der Waals surface area contributed by atoms with E-state index in [1.807, 2.05) is 6.92 Å². The first-order valence-electron chi connectivity index (χ1n) is 9.58. The fourth-order valence-electron chi connectivity index (χ4n) is 3.48. The van der Waals surface area contributed by atoms with Gasteiger partial charge in [0, 0.05) is 38.7 Å². The van der Waals surface area contributed by atoms with Gasteiger partial charge in [0.2, 0.25) is 11.8 Å². The second-order valence-corrected chi connectivity index (χ2v) is 8.72. The third-order valence-electron chi connectivity index (χ3n) is 5.10. The monoisotopic (exact) mass is 406 g/mol. The average Bonchev–Trinajstić information content (AvgIpc) is 2.95. The second-order valence-electron chi connectivity index (χ2n) is 7.07. The number of aliphatic imine (C=N–C) groups is 1. The summed E-state index contributed by atoms with van der Waals surface area (Å²) < 4.78 is 27.1. The van der Waals surface area contributed by atoms with Crippen LogP contribution in [0.3, 0.4) is 0 Å². The average molecular weight is 407 g/mol. The number of piperazine rings is 1. The van der Waals surface area contributed by atoms with Gasteiger partial charge in [-0.15, -0.1) is 0 Å². The third kappa shape index (κ3) is 4.19. The van der Waals surface area contributed by atoms with Crippen LogP contribution in [-0.4, -0.2) is 68.1 Å². The zero-order valence-corrected chi connectivity index (χ0v) is 17.0. The molecule has 9 heteroatoms. The molecule has 0 aliphatic carbocycles. The molecule has 0 bridgehead atoms. The number of carbonyl (C=O) groups excluding carboxylic acids is 2. The summed E-state index contributed by atoms with van der Waals surface area (Å²) in [6, 6.07) is 5.99. The van der Waals surface area contributed by atoms with Crippen molar-refractivity contribution in [1.29, 1.82) is 0 Å². The van der Waals surface area contributed by atoms with Crippen molar-refractivity contribution in [3.63, 3.8) is 0 Å². The van der Waals surface area contributed by atoms with Gasteiger partial charge in [-0.25, -0.2) is 8.42 Å². The topological polar surface area (TPSA) is 99.1 Å². The highest BCUT2D eigenvalue weighted by molar-refractivity contribution is 7.90. The van der Waals surface area contributed by atoms with Gasteiger partial charge in [-0.3, -0.25) is 19.3 Å². The van der Waals surface area contributed by atoms with E-state index < -0.39 is 16.1 Å². The summed E-state index contributed by atoms with van der Waals surface area (Å²) in [5.74, 6) is 0.118. The number of nitrogens with one attached hydrogen (secondary N) is 1. The molecule has 8 nitrogen and oxygen atoms in total. The molecule has 0 aromatic heterocycles. The number of amidine groups is 1.